The first-order chi connectivity index (χ1) is 14.6. The number of carbonyl (C=O) groups is 1. The van der Waals surface area contributed by atoms with Crippen LogP contribution in [0.5, 0.6) is 0 Å². The van der Waals surface area contributed by atoms with E-state index in [0.717, 1.165) is 25.0 Å². The van der Waals surface area contributed by atoms with E-state index in [1.807, 2.05) is 0 Å². The first kappa shape index (κ1) is 18.4. The second kappa shape index (κ2) is 7.31. The zero-order valence-corrected chi connectivity index (χ0v) is 16.4. The summed E-state index contributed by atoms with van der Waals surface area (Å²) >= 11 is 5.91. The van der Waals surface area contributed by atoms with Crippen LogP contribution in [-0.2, 0) is 12.8 Å². The number of hydrogen-bond acceptors (Lipinski definition) is 5. The molecule has 4 aromatic rings. The zero-order valence-electron chi connectivity index (χ0n) is 15.7. The molecule has 0 saturated heterocycles. The minimum absolute atomic E-state index is 0.183. The maximum atomic E-state index is 12.7. The third kappa shape index (κ3) is 3.31. The van der Waals surface area contributed by atoms with Crippen molar-refractivity contribution in [2.24, 2.45) is 0 Å². The lowest BCUT2D eigenvalue weighted by atomic mass is 10.2. The second-order valence-electron chi connectivity index (χ2n) is 6.93. The van der Waals surface area contributed by atoms with E-state index in [0.29, 0.717) is 33.4 Å². The molecule has 0 atom stereocenters. The largest absolute Gasteiger partial charge is 0.463 e. The first-order valence-electron chi connectivity index (χ1n) is 9.42. The Labute approximate surface area is 175 Å². The molecule has 30 heavy (non-hydrogen) atoms. The second-order valence-corrected chi connectivity index (χ2v) is 7.37. The number of benzene rings is 1. The van der Waals surface area contributed by atoms with Gasteiger partial charge < -0.3 is 9.73 Å². The number of aromatic nitrogens is 4. The number of aromatic amines is 1. The van der Waals surface area contributed by atoms with Crippen LogP contribution in [0.15, 0.2) is 57.9 Å². The molecule has 1 amide bonds. The summed E-state index contributed by atoms with van der Waals surface area (Å²) < 4.78 is 6.84. The van der Waals surface area contributed by atoms with Crippen molar-refractivity contribution in [3.05, 3.63) is 80.9 Å². The van der Waals surface area contributed by atoms with E-state index in [1.165, 1.54) is 10.9 Å². The number of nitrogens with one attached hydrogen (secondary N) is 2. The predicted molar refractivity (Wildman–Crippen MR) is 111 cm³/mol. The number of furan rings is 1. The minimum atomic E-state index is -0.345. The monoisotopic (exact) mass is 421 g/mol. The van der Waals surface area contributed by atoms with Crippen molar-refractivity contribution in [3.63, 3.8) is 0 Å². The van der Waals surface area contributed by atoms with Crippen molar-refractivity contribution >= 4 is 23.3 Å². The number of anilines is 1. The predicted octanol–water partition coefficient (Wildman–Crippen LogP) is 3.61. The molecule has 1 aromatic carbocycles. The average molecular weight is 422 g/mol. The number of amides is 1. The van der Waals surface area contributed by atoms with Crippen LogP contribution in [0, 0.1) is 0 Å². The molecule has 0 aliphatic heterocycles. The highest BCUT2D eigenvalue weighted by molar-refractivity contribution is 6.30. The molecule has 2 N–H and O–H groups in total. The summed E-state index contributed by atoms with van der Waals surface area (Å²) in [5, 5.41) is 7.87. The van der Waals surface area contributed by atoms with Crippen LogP contribution in [0.2, 0.25) is 5.02 Å². The van der Waals surface area contributed by atoms with Gasteiger partial charge in [0.25, 0.3) is 11.5 Å². The third-order valence-corrected chi connectivity index (χ3v) is 5.21. The summed E-state index contributed by atoms with van der Waals surface area (Å²) in [6, 6.07) is 11.7. The van der Waals surface area contributed by atoms with E-state index in [-0.39, 0.29) is 17.4 Å². The van der Waals surface area contributed by atoms with Gasteiger partial charge in [-0.2, -0.15) is 9.78 Å². The Hall–Kier alpha value is -3.65. The number of halogens is 1. The van der Waals surface area contributed by atoms with E-state index < -0.39 is 0 Å². The lowest BCUT2D eigenvalue weighted by Crippen LogP contribution is -2.21. The molecule has 8 nitrogen and oxygen atoms in total. The van der Waals surface area contributed by atoms with Gasteiger partial charge in [0.1, 0.15) is 11.5 Å². The molecule has 5 rings (SSSR count). The third-order valence-electron chi connectivity index (χ3n) is 4.96. The Bertz CT molecular complexity index is 1290. The molecule has 0 fully saturated rings. The normalized spacial score (nSPS) is 12.7. The molecule has 9 heteroatoms. The molecule has 3 aromatic heterocycles. The number of fused-ring (bicyclic) bond motifs is 1. The number of nitrogens with zero attached hydrogens (tertiary/aromatic N) is 3. The highest BCUT2D eigenvalue weighted by Gasteiger charge is 2.21. The smallest absolute Gasteiger partial charge is 0.256 e. The fourth-order valence-corrected chi connectivity index (χ4v) is 3.62. The van der Waals surface area contributed by atoms with Gasteiger partial charge in [0, 0.05) is 22.2 Å². The molecule has 0 unspecified atom stereocenters. The van der Waals surface area contributed by atoms with Crippen LogP contribution in [0.1, 0.15) is 28.0 Å². The van der Waals surface area contributed by atoms with E-state index >= 15 is 0 Å². The molecule has 1 aliphatic rings. The van der Waals surface area contributed by atoms with Gasteiger partial charge in [0.2, 0.25) is 5.95 Å². The number of carbonyl (C=O) groups excluding carboxylic acids is 1. The molecule has 0 saturated carbocycles. The molecule has 3 heterocycles. The van der Waals surface area contributed by atoms with Gasteiger partial charge in [0.05, 0.1) is 12.0 Å². The van der Waals surface area contributed by atoms with Gasteiger partial charge in [-0.15, -0.1) is 0 Å². The topological polar surface area (TPSA) is 106 Å². The highest BCUT2D eigenvalue weighted by atomic mass is 35.5. The fraction of sp³-hybridized carbons (Fsp3) is 0.143. The van der Waals surface area contributed by atoms with Crippen LogP contribution in [-0.4, -0.2) is 25.7 Å². The molecular weight excluding hydrogens is 406 g/mol. The van der Waals surface area contributed by atoms with E-state index in [9.17, 15) is 9.59 Å². The summed E-state index contributed by atoms with van der Waals surface area (Å²) in [5.74, 6) is 0.772. The summed E-state index contributed by atoms with van der Waals surface area (Å²) in [5.41, 5.74) is 2.22. The summed E-state index contributed by atoms with van der Waals surface area (Å²) in [4.78, 5) is 32.6. The van der Waals surface area contributed by atoms with Crippen LogP contribution in [0.3, 0.4) is 0 Å². The van der Waals surface area contributed by atoms with Gasteiger partial charge in [-0.25, -0.2) is 4.98 Å². The van der Waals surface area contributed by atoms with Crippen molar-refractivity contribution in [2.45, 2.75) is 19.3 Å². The van der Waals surface area contributed by atoms with Gasteiger partial charge in [0.15, 0.2) is 5.76 Å². The Morgan fingerprint density at radius 2 is 2.03 bits per heavy atom. The van der Waals surface area contributed by atoms with Crippen molar-refractivity contribution in [2.75, 3.05) is 5.32 Å². The van der Waals surface area contributed by atoms with Crippen LogP contribution >= 0.6 is 11.6 Å². The minimum Gasteiger partial charge on any atom is -0.463 e. The van der Waals surface area contributed by atoms with Crippen LogP contribution < -0.4 is 10.9 Å². The maximum absolute atomic E-state index is 12.7. The molecule has 0 radical (unpaired) electrons. The number of H-pyrrole nitrogens is 1. The van der Waals surface area contributed by atoms with Crippen molar-refractivity contribution in [1.29, 1.82) is 0 Å². The number of hydrogen-bond donors (Lipinski definition) is 2. The zero-order chi connectivity index (χ0) is 20.7. The molecule has 0 bridgehead atoms. The summed E-state index contributed by atoms with van der Waals surface area (Å²) in [6.45, 7) is 0. The molecule has 0 spiro atoms. The first-order valence-corrected chi connectivity index (χ1v) is 9.79. The SMILES string of the molecule is O=C(Nc1cc(-c2ccco2)nn1-c1nc2c(c(=O)[nH]1)CCC2)c1ccc(Cl)cc1. The van der Waals surface area contributed by atoms with Crippen molar-refractivity contribution < 1.29 is 9.21 Å². The molecule has 150 valence electrons. The Balaban J connectivity index is 1.58. The van der Waals surface area contributed by atoms with Crippen LogP contribution in [0.25, 0.3) is 17.4 Å². The van der Waals surface area contributed by atoms with Gasteiger partial charge in [-0.1, -0.05) is 11.6 Å². The maximum Gasteiger partial charge on any atom is 0.256 e. The van der Waals surface area contributed by atoms with Crippen molar-refractivity contribution in [3.8, 4) is 17.4 Å². The van der Waals surface area contributed by atoms with E-state index in [4.69, 9.17) is 16.0 Å². The molecule has 1 aliphatic carbocycles. The quantitative estimate of drug-likeness (QED) is 0.523. The fourth-order valence-electron chi connectivity index (χ4n) is 3.49. The lowest BCUT2D eigenvalue weighted by molar-refractivity contribution is 0.102. The standard InChI is InChI=1S/C21H16ClN5O3/c22-13-8-6-12(7-9-13)19(28)24-18-11-16(17-5-2-10-30-17)26-27(18)21-23-15-4-1-3-14(15)20(29)25-21/h2,5-11H,1,3-4H2,(H,24,28)(H,23,25,29). The highest BCUT2D eigenvalue weighted by Crippen LogP contribution is 2.25. The Morgan fingerprint density at radius 3 is 2.80 bits per heavy atom. The van der Waals surface area contributed by atoms with Crippen LogP contribution in [0.4, 0.5) is 5.82 Å². The van der Waals surface area contributed by atoms with Crippen molar-refractivity contribution in [1.82, 2.24) is 19.7 Å². The van der Waals surface area contributed by atoms with Gasteiger partial charge in [-0.3, -0.25) is 14.6 Å². The Kier molecular flexibility index (Phi) is 4.48. The Morgan fingerprint density at radius 1 is 1.20 bits per heavy atom. The van der Waals surface area contributed by atoms with E-state index in [1.54, 1.807) is 42.5 Å². The summed E-state index contributed by atoms with van der Waals surface area (Å²) in [7, 11) is 0. The van der Waals surface area contributed by atoms with Gasteiger partial charge >= 0.3 is 0 Å². The van der Waals surface area contributed by atoms with Gasteiger partial charge in [-0.05, 0) is 55.7 Å². The number of aryl methyl sites for hydroxylation is 1. The molecular formula is C21H16ClN5O3. The average Bonchev–Trinajstić information content (AvgIpc) is 3.48. The lowest BCUT2D eigenvalue weighted by Gasteiger charge is -2.09. The summed E-state index contributed by atoms with van der Waals surface area (Å²) in [6.07, 6.45) is 3.89. The van der Waals surface area contributed by atoms with E-state index in [2.05, 4.69) is 20.4 Å². The number of rotatable bonds is 4.